The molecule has 0 aliphatic carbocycles. The van der Waals surface area contributed by atoms with Gasteiger partial charge in [-0.3, -0.25) is 14.4 Å². The lowest BCUT2D eigenvalue weighted by molar-refractivity contribution is -0.167. The van der Waals surface area contributed by atoms with E-state index in [0.29, 0.717) is 19.3 Å². The Morgan fingerprint density at radius 3 is 0.891 bits per heavy atom. The highest BCUT2D eigenvalue weighted by molar-refractivity contribution is 5.71. The number of esters is 3. The van der Waals surface area contributed by atoms with Crippen molar-refractivity contribution in [2.45, 2.75) is 272 Å². The van der Waals surface area contributed by atoms with Crippen LogP contribution < -0.4 is 0 Å². The van der Waals surface area contributed by atoms with Gasteiger partial charge in [0.1, 0.15) is 13.2 Å². The summed E-state index contributed by atoms with van der Waals surface area (Å²) in [6, 6.07) is 0. The quantitative estimate of drug-likeness (QED) is 0.0348. The Morgan fingerprint density at radius 2 is 0.600 bits per heavy atom. The van der Waals surface area contributed by atoms with Crippen LogP contribution in [0.25, 0.3) is 0 Å². The number of hydrogen-bond donors (Lipinski definition) is 0. The topological polar surface area (TPSA) is 78.9 Å². The molecule has 0 aromatic heterocycles. The zero-order chi connectivity index (χ0) is 40.5. The molecule has 0 rings (SSSR count). The zero-order valence-corrected chi connectivity index (χ0v) is 37.6. The van der Waals surface area contributed by atoms with Gasteiger partial charge in [0.2, 0.25) is 0 Å². The van der Waals surface area contributed by atoms with Crippen molar-refractivity contribution >= 4 is 17.9 Å². The first-order chi connectivity index (χ1) is 26.7. The average Bonchev–Trinajstić information content (AvgIpc) is 3.15. The van der Waals surface area contributed by atoms with Gasteiger partial charge in [-0.1, -0.05) is 227 Å². The summed E-state index contributed by atoms with van der Waals surface area (Å²) in [6.45, 7) is 11.3. The molecule has 55 heavy (non-hydrogen) atoms. The van der Waals surface area contributed by atoms with Gasteiger partial charge in [0.15, 0.2) is 6.10 Å². The van der Waals surface area contributed by atoms with Crippen LogP contribution >= 0.6 is 0 Å². The second-order valence-corrected chi connectivity index (χ2v) is 17.7. The van der Waals surface area contributed by atoms with Crippen molar-refractivity contribution < 1.29 is 28.6 Å². The Labute approximate surface area is 342 Å². The fraction of sp³-hybridized carbons (Fsp3) is 0.939. The van der Waals surface area contributed by atoms with Gasteiger partial charge in [-0.15, -0.1) is 0 Å². The van der Waals surface area contributed by atoms with E-state index in [-0.39, 0.29) is 31.1 Å². The van der Waals surface area contributed by atoms with Crippen LogP contribution in [0.2, 0.25) is 0 Å². The molecule has 0 heterocycles. The van der Waals surface area contributed by atoms with E-state index in [1.54, 1.807) is 0 Å². The molecule has 0 aromatic carbocycles. The van der Waals surface area contributed by atoms with Gasteiger partial charge in [0.05, 0.1) is 0 Å². The summed E-state index contributed by atoms with van der Waals surface area (Å²) in [4.78, 5) is 37.5. The van der Waals surface area contributed by atoms with Crippen LogP contribution in [0.3, 0.4) is 0 Å². The van der Waals surface area contributed by atoms with Crippen molar-refractivity contribution in [1.29, 1.82) is 0 Å². The van der Waals surface area contributed by atoms with E-state index >= 15 is 0 Å². The third-order valence-electron chi connectivity index (χ3n) is 11.0. The second kappa shape index (κ2) is 42.0. The highest BCUT2D eigenvalue weighted by Gasteiger charge is 2.19. The Kier molecular flexibility index (Phi) is 40.8. The molecule has 0 aliphatic heterocycles. The minimum Gasteiger partial charge on any atom is -0.462 e. The smallest absolute Gasteiger partial charge is 0.306 e. The van der Waals surface area contributed by atoms with E-state index in [9.17, 15) is 14.4 Å². The number of rotatable bonds is 43. The van der Waals surface area contributed by atoms with Crippen LogP contribution in [-0.4, -0.2) is 37.2 Å². The van der Waals surface area contributed by atoms with Crippen molar-refractivity contribution in [3.8, 4) is 0 Å². The number of hydrogen-bond acceptors (Lipinski definition) is 6. The monoisotopic (exact) mass is 779 g/mol. The van der Waals surface area contributed by atoms with Crippen LogP contribution in [0.4, 0.5) is 0 Å². The average molecular weight is 779 g/mol. The summed E-state index contributed by atoms with van der Waals surface area (Å²) >= 11 is 0. The zero-order valence-electron chi connectivity index (χ0n) is 37.6. The molecule has 0 N–H and O–H groups in total. The van der Waals surface area contributed by atoms with Crippen LogP contribution in [0.15, 0.2) is 0 Å². The predicted molar refractivity (Wildman–Crippen MR) is 233 cm³/mol. The lowest BCUT2D eigenvalue weighted by Gasteiger charge is -2.18. The Balaban J connectivity index is 4.08. The first-order valence-electron chi connectivity index (χ1n) is 24.2. The van der Waals surface area contributed by atoms with E-state index in [0.717, 1.165) is 76.0 Å². The first kappa shape index (κ1) is 53.4. The highest BCUT2D eigenvalue weighted by Crippen LogP contribution is 2.17. The van der Waals surface area contributed by atoms with Crippen molar-refractivity contribution in [2.75, 3.05) is 13.2 Å². The summed E-state index contributed by atoms with van der Waals surface area (Å²) < 4.78 is 16.6. The number of carbonyl (C=O) groups excluding carboxylic acids is 3. The lowest BCUT2D eigenvalue weighted by Crippen LogP contribution is -2.30. The number of carbonyl (C=O) groups is 3. The fourth-order valence-corrected chi connectivity index (χ4v) is 7.28. The van der Waals surface area contributed by atoms with Gasteiger partial charge < -0.3 is 14.2 Å². The molecule has 0 radical (unpaired) electrons. The van der Waals surface area contributed by atoms with Gasteiger partial charge in [-0.25, -0.2) is 0 Å². The molecule has 0 amide bonds. The Hall–Kier alpha value is -1.59. The molecule has 0 unspecified atom stereocenters. The molecular weight excluding hydrogens is 685 g/mol. The Morgan fingerprint density at radius 1 is 0.345 bits per heavy atom. The molecule has 6 nitrogen and oxygen atoms in total. The molecule has 6 heteroatoms. The molecule has 0 saturated heterocycles. The lowest BCUT2D eigenvalue weighted by atomic mass is 10.0. The summed E-state index contributed by atoms with van der Waals surface area (Å²) in [6.07, 6.45) is 41.3. The van der Waals surface area contributed by atoms with Gasteiger partial charge in [0, 0.05) is 19.3 Å². The van der Waals surface area contributed by atoms with Gasteiger partial charge in [0.25, 0.3) is 0 Å². The minimum absolute atomic E-state index is 0.0660. The van der Waals surface area contributed by atoms with E-state index in [2.05, 4.69) is 34.6 Å². The number of unbranched alkanes of at least 4 members (excludes halogenated alkanes) is 28. The normalized spacial score (nSPS) is 12.1. The molecule has 1 atom stereocenters. The first-order valence-corrected chi connectivity index (χ1v) is 24.2. The molecular formula is C49H94O6. The molecule has 0 aromatic rings. The maximum absolute atomic E-state index is 12.7. The third kappa shape index (κ3) is 43.4. The van der Waals surface area contributed by atoms with Crippen molar-refractivity contribution in [3.05, 3.63) is 0 Å². The van der Waals surface area contributed by atoms with Crippen LogP contribution in [0.5, 0.6) is 0 Å². The van der Waals surface area contributed by atoms with E-state index in [4.69, 9.17) is 14.2 Å². The fourth-order valence-electron chi connectivity index (χ4n) is 7.28. The summed E-state index contributed by atoms with van der Waals surface area (Å²) in [5.74, 6) is 0.786. The van der Waals surface area contributed by atoms with Gasteiger partial charge >= 0.3 is 17.9 Å². The van der Waals surface area contributed by atoms with Crippen molar-refractivity contribution in [2.24, 2.45) is 11.8 Å². The SMILES string of the molecule is CCCCCCCC(=O)OC[C@H](COC(=O)CCCCCCCCCCC(C)C)OC(=O)CCCCCCCCCCCCCCCCCCCCC(C)C. The summed E-state index contributed by atoms with van der Waals surface area (Å²) in [5.41, 5.74) is 0. The summed E-state index contributed by atoms with van der Waals surface area (Å²) in [5, 5.41) is 0. The van der Waals surface area contributed by atoms with Crippen LogP contribution in [0.1, 0.15) is 266 Å². The van der Waals surface area contributed by atoms with Crippen LogP contribution in [0, 0.1) is 11.8 Å². The van der Waals surface area contributed by atoms with Crippen molar-refractivity contribution in [1.82, 2.24) is 0 Å². The van der Waals surface area contributed by atoms with Crippen molar-refractivity contribution in [3.63, 3.8) is 0 Å². The molecule has 0 fully saturated rings. The highest BCUT2D eigenvalue weighted by atomic mass is 16.6. The van der Waals surface area contributed by atoms with E-state index in [1.807, 2.05) is 0 Å². The number of ether oxygens (including phenoxy) is 3. The molecule has 0 bridgehead atoms. The second-order valence-electron chi connectivity index (χ2n) is 17.7. The molecule has 326 valence electrons. The Bertz CT molecular complexity index is 839. The van der Waals surface area contributed by atoms with E-state index < -0.39 is 6.10 Å². The maximum Gasteiger partial charge on any atom is 0.306 e. The molecule has 0 saturated carbocycles. The predicted octanol–water partition coefficient (Wildman–Crippen LogP) is 15.4. The molecule has 0 aliphatic rings. The standard InChI is InChI=1S/C49H94O6/c1-6-7-8-27-34-39-47(50)53-42-46(43-54-48(51)40-35-30-25-22-21-24-29-33-38-45(4)5)55-49(52)41-36-31-26-20-18-16-14-12-10-9-11-13-15-17-19-23-28-32-37-44(2)3/h44-46H,6-43H2,1-5H3/t46-/m1/s1. The third-order valence-corrected chi connectivity index (χ3v) is 11.0. The summed E-state index contributed by atoms with van der Waals surface area (Å²) in [7, 11) is 0. The van der Waals surface area contributed by atoms with Crippen LogP contribution in [-0.2, 0) is 28.6 Å². The van der Waals surface area contributed by atoms with Gasteiger partial charge in [-0.05, 0) is 31.1 Å². The van der Waals surface area contributed by atoms with Gasteiger partial charge in [-0.2, -0.15) is 0 Å². The van der Waals surface area contributed by atoms with E-state index in [1.165, 1.54) is 148 Å². The minimum atomic E-state index is -0.759. The maximum atomic E-state index is 12.7. The molecule has 0 spiro atoms. The largest absolute Gasteiger partial charge is 0.462 e.